The first-order chi connectivity index (χ1) is 6.42. The fraction of sp³-hybridized carbons (Fsp3) is 0.375. The number of likely N-dealkylation sites (N-methyl/N-ethyl adjacent to an activating group) is 1. The summed E-state index contributed by atoms with van der Waals surface area (Å²) < 4.78 is 30.2. The topological polar surface area (TPSA) is 24.9 Å². The first kappa shape index (κ1) is 3.49. The van der Waals surface area contributed by atoms with Gasteiger partial charge in [0.15, 0.2) is 0 Å². The number of hydrogen-bond acceptors (Lipinski definition) is 2. The van der Waals surface area contributed by atoms with E-state index in [1.54, 1.807) is 12.1 Å². The third-order valence-electron chi connectivity index (χ3n) is 0.980. The van der Waals surface area contributed by atoms with E-state index in [4.69, 9.17) is 5.48 Å². The van der Waals surface area contributed by atoms with Gasteiger partial charge in [0, 0.05) is 30.2 Å². The summed E-state index contributed by atoms with van der Waals surface area (Å²) in [5.74, 6) is 0. The van der Waals surface area contributed by atoms with Gasteiger partial charge in [-0.25, -0.2) is 0 Å². The minimum absolute atomic E-state index is 0.0827. The second-order valence-electron chi connectivity index (χ2n) is 1.71. The van der Waals surface area contributed by atoms with Crippen molar-refractivity contribution in [2.45, 2.75) is 6.37 Å². The quantitative estimate of drug-likeness (QED) is 0.673. The van der Waals surface area contributed by atoms with Crippen LogP contribution in [0.25, 0.3) is 0 Å². The third-order valence-corrected chi connectivity index (χ3v) is 0.980. The first-order valence-corrected chi connectivity index (χ1v) is 3.02. The maximum Gasteiger partial charge on any atom is 0.0432 e. The van der Waals surface area contributed by atoms with Crippen LogP contribution in [-0.4, -0.2) is 18.5 Å². The Labute approximate surface area is 66.9 Å². The van der Waals surface area contributed by atoms with Gasteiger partial charge in [-0.15, -0.1) is 0 Å². The van der Waals surface area contributed by atoms with Gasteiger partial charge in [0.05, 0.1) is 0 Å². The highest BCUT2D eigenvalue weighted by Crippen LogP contribution is 1.92. The predicted molar refractivity (Wildman–Crippen MR) is 41.9 cm³/mol. The molecule has 0 spiro atoms. The predicted octanol–water partition coefficient (Wildman–Crippen LogP) is 0.843. The molecule has 1 rings (SSSR count). The zero-order valence-corrected chi connectivity index (χ0v) is 5.76. The van der Waals surface area contributed by atoms with Crippen LogP contribution in [0, 0.1) is 0 Å². The van der Waals surface area contributed by atoms with E-state index in [1.165, 1.54) is 19.3 Å². The average molecular weight is 140 g/mol. The van der Waals surface area contributed by atoms with E-state index >= 15 is 0 Å². The lowest BCUT2D eigenvalue weighted by Gasteiger charge is -1.96. The summed E-state index contributed by atoms with van der Waals surface area (Å²) in [7, 11) is 1.38. The van der Waals surface area contributed by atoms with E-state index in [9.17, 15) is 0 Å². The summed E-state index contributed by atoms with van der Waals surface area (Å²) in [6.07, 6.45) is -0.706. The van der Waals surface area contributed by atoms with Crippen LogP contribution in [0.5, 0.6) is 0 Å². The van der Waals surface area contributed by atoms with E-state index in [1.807, 2.05) is 0 Å². The van der Waals surface area contributed by atoms with Gasteiger partial charge in [-0.3, -0.25) is 4.98 Å². The molecule has 0 saturated heterocycles. The van der Waals surface area contributed by atoms with Gasteiger partial charge in [-0.05, 0) is 19.2 Å². The maximum absolute atomic E-state index is 7.64. The SMILES string of the molecule is [2H]C([2H])(NC)C([2H])([2H])c1ccccn1. The molecule has 2 heteroatoms. The second kappa shape index (κ2) is 4.01. The molecule has 1 heterocycles. The van der Waals surface area contributed by atoms with Crippen LogP contribution < -0.4 is 5.32 Å². The van der Waals surface area contributed by atoms with E-state index in [0.29, 0.717) is 0 Å². The highest BCUT2D eigenvalue weighted by molar-refractivity contribution is 5.03. The largest absolute Gasteiger partial charge is 0.319 e. The Morgan fingerprint density at radius 3 is 3.20 bits per heavy atom. The summed E-state index contributed by atoms with van der Waals surface area (Å²) in [6.45, 7) is -2.14. The minimum atomic E-state index is -2.15. The standard InChI is InChI=1S/C8H12N2/c1-9-7-5-8-4-2-3-6-10-8/h2-4,6,9H,5,7H2,1H3/i5D2,7D2. The number of rotatable bonds is 3. The van der Waals surface area contributed by atoms with Crippen LogP contribution in [0.2, 0.25) is 0 Å². The van der Waals surface area contributed by atoms with Crippen LogP contribution in [0.3, 0.4) is 0 Å². The Hall–Kier alpha value is -0.890. The van der Waals surface area contributed by atoms with E-state index < -0.39 is 12.9 Å². The van der Waals surface area contributed by atoms with Gasteiger partial charge < -0.3 is 5.32 Å². The van der Waals surface area contributed by atoms with Crippen molar-refractivity contribution in [3.05, 3.63) is 30.1 Å². The molecule has 0 fully saturated rings. The van der Waals surface area contributed by atoms with Crippen LogP contribution in [-0.2, 0) is 6.37 Å². The average Bonchev–Trinajstić information content (AvgIpc) is 2.19. The molecule has 0 unspecified atom stereocenters. The van der Waals surface area contributed by atoms with Crippen LogP contribution >= 0.6 is 0 Å². The molecule has 1 N–H and O–H groups in total. The molecule has 0 saturated carbocycles. The lowest BCUT2D eigenvalue weighted by atomic mass is 10.3. The molecule has 0 atom stereocenters. The van der Waals surface area contributed by atoms with Gasteiger partial charge in [-0.2, -0.15) is 0 Å². The smallest absolute Gasteiger partial charge is 0.0432 e. The number of hydrogen-bond donors (Lipinski definition) is 1. The van der Waals surface area contributed by atoms with Gasteiger partial charge in [0.1, 0.15) is 0 Å². The van der Waals surface area contributed by atoms with Crippen LogP contribution in [0.4, 0.5) is 0 Å². The number of nitrogens with zero attached hydrogens (tertiary/aromatic N) is 1. The molecule has 1 aromatic heterocycles. The molecule has 0 bridgehead atoms. The summed E-state index contributed by atoms with van der Waals surface area (Å²) >= 11 is 0. The molecule has 54 valence electrons. The van der Waals surface area contributed by atoms with Gasteiger partial charge in [-0.1, -0.05) is 6.07 Å². The van der Waals surface area contributed by atoms with Crippen LogP contribution in [0.1, 0.15) is 11.2 Å². The molecule has 0 radical (unpaired) electrons. The second-order valence-corrected chi connectivity index (χ2v) is 1.71. The van der Waals surface area contributed by atoms with Crippen molar-refractivity contribution < 1.29 is 5.48 Å². The molecule has 1 aromatic rings. The minimum Gasteiger partial charge on any atom is -0.319 e. The summed E-state index contributed by atoms with van der Waals surface area (Å²) in [5, 5.41) is 2.30. The van der Waals surface area contributed by atoms with Crippen molar-refractivity contribution in [3.8, 4) is 0 Å². The van der Waals surface area contributed by atoms with Crippen LogP contribution in [0.15, 0.2) is 24.4 Å². The van der Waals surface area contributed by atoms with Crippen molar-refractivity contribution in [2.24, 2.45) is 0 Å². The highest BCUT2D eigenvalue weighted by atomic mass is 14.8. The number of aryl methyl sites for hydroxylation is 1. The molecular formula is C8H12N2. The maximum atomic E-state index is 7.64. The highest BCUT2D eigenvalue weighted by Gasteiger charge is 1.88. The number of nitrogens with one attached hydrogen (secondary N) is 1. The Balaban J connectivity index is 3.08. The lowest BCUT2D eigenvalue weighted by Crippen LogP contribution is -2.10. The molecule has 0 aliphatic heterocycles. The number of pyridine rings is 1. The van der Waals surface area contributed by atoms with Crippen molar-refractivity contribution in [3.63, 3.8) is 0 Å². The normalized spacial score (nSPS) is 18.5. The first-order valence-electron chi connectivity index (χ1n) is 5.02. The third kappa shape index (κ3) is 2.15. The zero-order chi connectivity index (χ0) is 10.8. The number of aromatic nitrogens is 1. The van der Waals surface area contributed by atoms with Crippen molar-refractivity contribution >= 4 is 0 Å². The summed E-state index contributed by atoms with van der Waals surface area (Å²) in [6, 6.07) is 4.76. The van der Waals surface area contributed by atoms with Crippen molar-refractivity contribution in [1.82, 2.24) is 10.3 Å². The van der Waals surface area contributed by atoms with E-state index in [2.05, 4.69) is 10.3 Å². The van der Waals surface area contributed by atoms with Crippen molar-refractivity contribution in [1.29, 1.82) is 0 Å². The van der Waals surface area contributed by atoms with Gasteiger partial charge in [0.25, 0.3) is 0 Å². The molecule has 0 aliphatic carbocycles. The zero-order valence-electron chi connectivity index (χ0n) is 9.76. The lowest BCUT2D eigenvalue weighted by molar-refractivity contribution is 0.776. The molecule has 2 nitrogen and oxygen atoms in total. The van der Waals surface area contributed by atoms with E-state index in [0.717, 1.165) is 0 Å². The van der Waals surface area contributed by atoms with E-state index in [-0.39, 0.29) is 5.69 Å². The van der Waals surface area contributed by atoms with Gasteiger partial charge in [0.2, 0.25) is 0 Å². The molecule has 10 heavy (non-hydrogen) atoms. The summed E-state index contributed by atoms with van der Waals surface area (Å²) in [5.41, 5.74) is 0.0827. The van der Waals surface area contributed by atoms with Crippen molar-refractivity contribution in [2.75, 3.05) is 13.5 Å². The fourth-order valence-corrected chi connectivity index (χ4v) is 0.563. The van der Waals surface area contributed by atoms with Gasteiger partial charge >= 0.3 is 0 Å². The summed E-state index contributed by atoms with van der Waals surface area (Å²) in [4.78, 5) is 3.81. The molecule has 0 aliphatic rings. The Morgan fingerprint density at radius 2 is 2.60 bits per heavy atom. The molecular weight excluding hydrogens is 124 g/mol. The molecule has 0 aromatic carbocycles. The Morgan fingerprint density at radius 1 is 1.70 bits per heavy atom. The molecule has 0 amide bonds. The fourth-order valence-electron chi connectivity index (χ4n) is 0.563. The Kier molecular flexibility index (Phi) is 1.40. The Bertz CT molecular complexity index is 299. The monoisotopic (exact) mass is 140 g/mol.